The summed E-state index contributed by atoms with van der Waals surface area (Å²) in [6, 6.07) is 10.2. The molecule has 17 heavy (non-hydrogen) atoms. The van der Waals surface area contributed by atoms with Crippen molar-refractivity contribution in [2.75, 3.05) is 0 Å². The molecule has 0 aliphatic heterocycles. The Morgan fingerprint density at radius 3 is 1.82 bits per heavy atom. The first-order valence-electron chi connectivity index (χ1n) is 6.49. The minimum Gasteiger partial charge on any atom is -0.298 e. The van der Waals surface area contributed by atoms with Crippen molar-refractivity contribution in [2.24, 2.45) is 5.41 Å². The van der Waals surface area contributed by atoms with E-state index in [1.807, 2.05) is 39.0 Å². The van der Waals surface area contributed by atoms with Gasteiger partial charge in [0.2, 0.25) is 0 Å². The maximum Gasteiger partial charge on any atom is 0.148 e. The van der Waals surface area contributed by atoms with Crippen LogP contribution in [0.25, 0.3) is 0 Å². The smallest absolute Gasteiger partial charge is 0.148 e. The second-order valence-electron chi connectivity index (χ2n) is 5.73. The Morgan fingerprint density at radius 1 is 1.00 bits per heavy atom. The lowest BCUT2D eigenvalue weighted by Crippen LogP contribution is -2.42. The lowest BCUT2D eigenvalue weighted by molar-refractivity contribution is -0.132. The van der Waals surface area contributed by atoms with Gasteiger partial charge in [-0.15, -0.1) is 0 Å². The topological polar surface area (TPSA) is 17.1 Å². The highest BCUT2D eigenvalue weighted by Crippen LogP contribution is 2.38. The van der Waals surface area contributed by atoms with Crippen LogP contribution in [0, 0.1) is 5.41 Å². The van der Waals surface area contributed by atoms with Gasteiger partial charge in [-0.1, -0.05) is 65.0 Å². The predicted octanol–water partition coefficient (Wildman–Crippen LogP) is 4.36. The molecule has 1 heteroatoms. The first-order chi connectivity index (χ1) is 7.88. The molecule has 0 atom stereocenters. The molecule has 0 radical (unpaired) electrons. The Kier molecular flexibility index (Phi) is 4.13. The zero-order valence-corrected chi connectivity index (χ0v) is 11.7. The van der Waals surface area contributed by atoms with E-state index >= 15 is 0 Å². The van der Waals surface area contributed by atoms with Gasteiger partial charge in [-0.2, -0.15) is 0 Å². The van der Waals surface area contributed by atoms with Crippen LogP contribution >= 0.6 is 0 Å². The number of benzene rings is 1. The molecule has 1 nitrogen and oxygen atoms in total. The van der Waals surface area contributed by atoms with Crippen LogP contribution in [0.1, 0.15) is 53.0 Å². The SMILES string of the molecule is CCC(CC)(C(=O)C(C)(C)C)c1ccccc1. The third-order valence-corrected chi connectivity index (χ3v) is 3.65. The second kappa shape index (κ2) is 5.03. The first-order valence-corrected chi connectivity index (χ1v) is 6.49. The highest BCUT2D eigenvalue weighted by molar-refractivity contribution is 5.94. The zero-order chi connectivity index (χ0) is 13.1. The van der Waals surface area contributed by atoms with Gasteiger partial charge in [0.05, 0.1) is 5.41 Å². The van der Waals surface area contributed by atoms with Gasteiger partial charge >= 0.3 is 0 Å². The molecule has 0 heterocycles. The summed E-state index contributed by atoms with van der Waals surface area (Å²) in [6.45, 7) is 10.3. The average molecular weight is 232 g/mol. The van der Waals surface area contributed by atoms with Gasteiger partial charge < -0.3 is 0 Å². The van der Waals surface area contributed by atoms with Crippen molar-refractivity contribution in [3.8, 4) is 0 Å². The van der Waals surface area contributed by atoms with E-state index in [2.05, 4.69) is 26.0 Å². The second-order valence-corrected chi connectivity index (χ2v) is 5.73. The van der Waals surface area contributed by atoms with Crippen molar-refractivity contribution in [2.45, 2.75) is 52.9 Å². The minimum absolute atomic E-state index is 0.290. The van der Waals surface area contributed by atoms with Gasteiger partial charge in [-0.25, -0.2) is 0 Å². The fourth-order valence-corrected chi connectivity index (χ4v) is 2.59. The first kappa shape index (κ1) is 14.0. The van der Waals surface area contributed by atoms with E-state index in [1.54, 1.807) is 0 Å². The number of carbonyl (C=O) groups is 1. The summed E-state index contributed by atoms with van der Waals surface area (Å²) < 4.78 is 0. The molecule has 0 N–H and O–H groups in total. The maximum atomic E-state index is 12.7. The van der Waals surface area contributed by atoms with Crippen molar-refractivity contribution >= 4 is 5.78 Å². The molecule has 0 fully saturated rings. The number of rotatable bonds is 4. The molecule has 1 rings (SSSR count). The van der Waals surface area contributed by atoms with Crippen LogP contribution < -0.4 is 0 Å². The molecule has 0 saturated carbocycles. The minimum atomic E-state index is -0.320. The summed E-state index contributed by atoms with van der Waals surface area (Å²) in [7, 11) is 0. The lowest BCUT2D eigenvalue weighted by Gasteiger charge is -2.36. The third kappa shape index (κ3) is 2.59. The van der Waals surface area contributed by atoms with E-state index in [4.69, 9.17) is 0 Å². The van der Waals surface area contributed by atoms with E-state index in [0.717, 1.165) is 18.4 Å². The summed E-state index contributed by atoms with van der Waals surface area (Å²) in [5.41, 5.74) is 0.548. The highest BCUT2D eigenvalue weighted by Gasteiger charge is 2.41. The van der Waals surface area contributed by atoms with Gasteiger partial charge in [0.15, 0.2) is 0 Å². The molecule has 0 spiro atoms. The Hall–Kier alpha value is -1.11. The van der Waals surface area contributed by atoms with Crippen molar-refractivity contribution in [3.63, 3.8) is 0 Å². The quantitative estimate of drug-likeness (QED) is 0.754. The number of Topliss-reactive ketones (excluding diaryl/α,β-unsaturated/α-hetero) is 1. The van der Waals surface area contributed by atoms with Crippen molar-refractivity contribution < 1.29 is 4.79 Å². The number of hydrogen-bond acceptors (Lipinski definition) is 1. The number of ketones is 1. The molecule has 0 saturated heterocycles. The van der Waals surface area contributed by atoms with E-state index in [9.17, 15) is 4.79 Å². The van der Waals surface area contributed by atoms with E-state index in [-0.39, 0.29) is 10.8 Å². The molecule has 1 aromatic rings. The Labute approximate surface area is 105 Å². The molecule has 0 bridgehead atoms. The fraction of sp³-hybridized carbons (Fsp3) is 0.562. The molecule has 0 amide bonds. The van der Waals surface area contributed by atoms with Gasteiger partial charge in [-0.3, -0.25) is 4.79 Å². The van der Waals surface area contributed by atoms with Gasteiger partial charge in [0, 0.05) is 5.41 Å². The van der Waals surface area contributed by atoms with Crippen LogP contribution in [0.5, 0.6) is 0 Å². The van der Waals surface area contributed by atoms with Crippen molar-refractivity contribution in [1.29, 1.82) is 0 Å². The van der Waals surface area contributed by atoms with Crippen molar-refractivity contribution in [1.82, 2.24) is 0 Å². The lowest BCUT2D eigenvalue weighted by atomic mass is 9.65. The van der Waals surface area contributed by atoms with Gasteiger partial charge in [0.1, 0.15) is 5.78 Å². The van der Waals surface area contributed by atoms with Crippen LogP contribution in [0.3, 0.4) is 0 Å². The van der Waals surface area contributed by atoms with E-state index in [1.165, 1.54) is 0 Å². The van der Waals surface area contributed by atoms with Crippen LogP contribution in [-0.2, 0) is 10.2 Å². The van der Waals surface area contributed by atoms with Crippen molar-refractivity contribution in [3.05, 3.63) is 35.9 Å². The summed E-state index contributed by atoms with van der Waals surface area (Å²) in [5.74, 6) is 0.348. The fourth-order valence-electron chi connectivity index (χ4n) is 2.59. The Bertz CT molecular complexity index is 366. The molecular formula is C16H24O. The summed E-state index contributed by atoms with van der Waals surface area (Å²) in [6.07, 6.45) is 1.73. The number of hydrogen-bond donors (Lipinski definition) is 0. The van der Waals surface area contributed by atoms with Gasteiger partial charge in [0.25, 0.3) is 0 Å². The molecule has 94 valence electrons. The molecule has 0 aromatic heterocycles. The van der Waals surface area contributed by atoms with E-state index < -0.39 is 0 Å². The Morgan fingerprint density at radius 2 is 1.47 bits per heavy atom. The summed E-state index contributed by atoms with van der Waals surface area (Å²) in [5, 5.41) is 0. The predicted molar refractivity (Wildman–Crippen MR) is 73.2 cm³/mol. The molecule has 0 aliphatic carbocycles. The highest BCUT2D eigenvalue weighted by atomic mass is 16.1. The molecule has 0 unspecified atom stereocenters. The van der Waals surface area contributed by atoms with Crippen LogP contribution in [-0.4, -0.2) is 5.78 Å². The molecular weight excluding hydrogens is 208 g/mol. The standard InChI is InChI=1S/C16H24O/c1-6-16(7-2,14(17)15(3,4)5)13-11-9-8-10-12-13/h8-12H,6-7H2,1-5H3. The van der Waals surface area contributed by atoms with Crippen LogP contribution in [0.2, 0.25) is 0 Å². The van der Waals surface area contributed by atoms with Crippen LogP contribution in [0.4, 0.5) is 0 Å². The molecule has 1 aromatic carbocycles. The summed E-state index contributed by atoms with van der Waals surface area (Å²) >= 11 is 0. The van der Waals surface area contributed by atoms with E-state index in [0.29, 0.717) is 5.78 Å². The normalized spacial score (nSPS) is 12.5. The monoisotopic (exact) mass is 232 g/mol. The van der Waals surface area contributed by atoms with Gasteiger partial charge in [-0.05, 0) is 18.4 Å². The Balaban J connectivity index is 3.29. The maximum absolute atomic E-state index is 12.7. The number of carbonyl (C=O) groups excluding carboxylic acids is 1. The summed E-state index contributed by atoms with van der Waals surface area (Å²) in [4.78, 5) is 12.7. The average Bonchev–Trinajstić information content (AvgIpc) is 2.31. The zero-order valence-electron chi connectivity index (χ0n) is 11.7. The third-order valence-electron chi connectivity index (χ3n) is 3.65. The molecule has 0 aliphatic rings. The van der Waals surface area contributed by atoms with Crippen LogP contribution in [0.15, 0.2) is 30.3 Å². The largest absolute Gasteiger partial charge is 0.298 e.